The van der Waals surface area contributed by atoms with Crippen molar-refractivity contribution in [3.8, 4) is 0 Å². The van der Waals surface area contributed by atoms with Crippen LogP contribution in [0.5, 0.6) is 0 Å². The molecule has 2 amide bonds. The van der Waals surface area contributed by atoms with Crippen LogP contribution in [0.15, 0.2) is 53.4 Å². The molecule has 0 spiro atoms. The Hall–Kier alpha value is -3.20. The van der Waals surface area contributed by atoms with Crippen molar-refractivity contribution in [3.63, 3.8) is 0 Å². The van der Waals surface area contributed by atoms with Crippen LogP contribution in [0.1, 0.15) is 34.6 Å². The molecule has 9 heteroatoms. The summed E-state index contributed by atoms with van der Waals surface area (Å²) in [4.78, 5) is 36.6. The SMILES string of the molecule is CC(C)CNC(=O)c1ccccc1NC(=O)COC(=O)c1cccc(S(C)(=O)=O)c1. The fourth-order valence-corrected chi connectivity index (χ4v) is 3.10. The number of rotatable bonds is 8. The van der Waals surface area contributed by atoms with Gasteiger partial charge >= 0.3 is 5.97 Å². The molecule has 0 aromatic heterocycles. The number of ether oxygens (including phenoxy) is 1. The van der Waals surface area contributed by atoms with Gasteiger partial charge in [-0.2, -0.15) is 0 Å². The molecule has 0 bridgehead atoms. The molecule has 160 valence electrons. The first-order chi connectivity index (χ1) is 14.1. The molecule has 2 aromatic carbocycles. The maximum absolute atomic E-state index is 12.3. The normalized spacial score (nSPS) is 11.1. The van der Waals surface area contributed by atoms with E-state index in [1.165, 1.54) is 24.3 Å². The van der Waals surface area contributed by atoms with E-state index in [2.05, 4.69) is 10.6 Å². The topological polar surface area (TPSA) is 119 Å². The number of carbonyl (C=O) groups excluding carboxylic acids is 3. The third-order valence-electron chi connectivity index (χ3n) is 3.95. The number of sulfone groups is 1. The fourth-order valence-electron chi connectivity index (χ4n) is 2.44. The molecule has 8 nitrogen and oxygen atoms in total. The lowest BCUT2D eigenvalue weighted by atomic mass is 10.1. The van der Waals surface area contributed by atoms with E-state index >= 15 is 0 Å². The van der Waals surface area contributed by atoms with Gasteiger partial charge in [0.05, 0.1) is 21.7 Å². The summed E-state index contributed by atoms with van der Waals surface area (Å²) in [6.45, 7) is 3.83. The lowest BCUT2D eigenvalue weighted by Crippen LogP contribution is -2.29. The second-order valence-corrected chi connectivity index (χ2v) is 9.09. The Morgan fingerprint density at radius 1 is 1.03 bits per heavy atom. The highest BCUT2D eigenvalue weighted by atomic mass is 32.2. The van der Waals surface area contributed by atoms with Crippen molar-refractivity contribution in [1.82, 2.24) is 5.32 Å². The molecular weight excluding hydrogens is 408 g/mol. The van der Waals surface area contributed by atoms with Gasteiger partial charge in [-0.1, -0.05) is 32.0 Å². The van der Waals surface area contributed by atoms with E-state index in [0.717, 1.165) is 6.26 Å². The minimum Gasteiger partial charge on any atom is -0.452 e. The van der Waals surface area contributed by atoms with Gasteiger partial charge in [-0.15, -0.1) is 0 Å². The number of anilines is 1. The molecule has 2 aromatic rings. The monoisotopic (exact) mass is 432 g/mol. The minimum absolute atomic E-state index is 0.0131. The van der Waals surface area contributed by atoms with Crippen molar-refractivity contribution in [2.24, 2.45) is 5.92 Å². The smallest absolute Gasteiger partial charge is 0.338 e. The first kappa shape index (κ1) is 23.1. The standard InChI is InChI=1S/C21H24N2O6S/c1-14(2)12-22-20(25)17-9-4-5-10-18(17)23-19(24)13-29-21(26)15-7-6-8-16(11-15)30(3,27)28/h4-11,14H,12-13H2,1-3H3,(H,22,25)(H,23,24). The van der Waals surface area contributed by atoms with Crippen molar-refractivity contribution < 1.29 is 27.5 Å². The summed E-state index contributed by atoms with van der Waals surface area (Å²) in [6.07, 6.45) is 1.03. The molecule has 0 atom stereocenters. The summed E-state index contributed by atoms with van der Waals surface area (Å²) < 4.78 is 28.2. The van der Waals surface area contributed by atoms with Crippen LogP contribution >= 0.6 is 0 Å². The first-order valence-corrected chi connectivity index (χ1v) is 11.1. The number of amides is 2. The summed E-state index contributed by atoms with van der Waals surface area (Å²) in [6, 6.07) is 11.8. The third-order valence-corrected chi connectivity index (χ3v) is 5.06. The number of hydrogen-bond acceptors (Lipinski definition) is 6. The van der Waals surface area contributed by atoms with Crippen molar-refractivity contribution in [2.45, 2.75) is 18.7 Å². The zero-order valence-corrected chi connectivity index (χ0v) is 17.8. The molecule has 2 N–H and O–H groups in total. The van der Waals surface area contributed by atoms with Crippen LogP contribution in [0.2, 0.25) is 0 Å². The number of para-hydroxylation sites is 1. The number of hydrogen-bond donors (Lipinski definition) is 2. The Kier molecular flexibility index (Phi) is 7.71. The summed E-state index contributed by atoms with van der Waals surface area (Å²) in [7, 11) is -3.48. The summed E-state index contributed by atoms with van der Waals surface area (Å²) in [5.74, 6) is -1.52. The molecule has 0 radical (unpaired) electrons. The fraction of sp³-hybridized carbons (Fsp3) is 0.286. The average Bonchev–Trinajstić information content (AvgIpc) is 2.70. The Labute approximate surface area is 175 Å². The van der Waals surface area contributed by atoms with Crippen LogP contribution in [0, 0.1) is 5.92 Å². The molecule has 0 unspecified atom stereocenters. The van der Waals surface area contributed by atoms with Crippen molar-refractivity contribution in [1.29, 1.82) is 0 Å². The molecule has 30 heavy (non-hydrogen) atoms. The zero-order valence-electron chi connectivity index (χ0n) is 17.0. The lowest BCUT2D eigenvalue weighted by Gasteiger charge is -2.12. The van der Waals surface area contributed by atoms with E-state index in [0.29, 0.717) is 17.8 Å². The van der Waals surface area contributed by atoms with Crippen LogP contribution in [-0.2, 0) is 19.4 Å². The van der Waals surface area contributed by atoms with Gasteiger partial charge in [-0.3, -0.25) is 9.59 Å². The Morgan fingerprint density at radius 2 is 1.73 bits per heavy atom. The third kappa shape index (κ3) is 6.70. The van der Waals surface area contributed by atoms with Crippen LogP contribution in [0.25, 0.3) is 0 Å². The lowest BCUT2D eigenvalue weighted by molar-refractivity contribution is -0.119. The highest BCUT2D eigenvalue weighted by Gasteiger charge is 2.16. The van der Waals surface area contributed by atoms with Crippen LogP contribution in [0.3, 0.4) is 0 Å². The highest BCUT2D eigenvalue weighted by Crippen LogP contribution is 2.16. The minimum atomic E-state index is -3.48. The van der Waals surface area contributed by atoms with Gasteiger partial charge in [0.15, 0.2) is 16.4 Å². The molecule has 0 aliphatic carbocycles. The van der Waals surface area contributed by atoms with Crippen molar-refractivity contribution in [3.05, 3.63) is 59.7 Å². The Morgan fingerprint density at radius 3 is 2.40 bits per heavy atom. The average molecular weight is 432 g/mol. The number of benzene rings is 2. The van der Waals surface area contributed by atoms with Gasteiger partial charge in [0, 0.05) is 12.8 Å². The maximum atomic E-state index is 12.3. The van der Waals surface area contributed by atoms with E-state index < -0.39 is 28.3 Å². The van der Waals surface area contributed by atoms with Gasteiger partial charge < -0.3 is 15.4 Å². The van der Waals surface area contributed by atoms with E-state index in [1.807, 2.05) is 13.8 Å². The molecule has 0 fully saturated rings. The Balaban J connectivity index is 2.00. The molecule has 0 aliphatic rings. The number of carbonyl (C=O) groups is 3. The number of nitrogens with one attached hydrogen (secondary N) is 2. The Bertz CT molecular complexity index is 1050. The summed E-state index contributed by atoms with van der Waals surface area (Å²) >= 11 is 0. The van der Waals surface area contributed by atoms with Gasteiger partial charge in [0.1, 0.15) is 0 Å². The molecule has 0 aliphatic heterocycles. The molecule has 2 rings (SSSR count). The summed E-state index contributed by atoms with van der Waals surface area (Å²) in [5.41, 5.74) is 0.594. The molecule has 0 saturated carbocycles. The maximum Gasteiger partial charge on any atom is 0.338 e. The first-order valence-electron chi connectivity index (χ1n) is 9.22. The predicted molar refractivity (Wildman–Crippen MR) is 112 cm³/mol. The van der Waals surface area contributed by atoms with Gasteiger partial charge in [-0.25, -0.2) is 13.2 Å². The quantitative estimate of drug-likeness (QED) is 0.618. The van der Waals surface area contributed by atoms with Crippen LogP contribution in [0.4, 0.5) is 5.69 Å². The van der Waals surface area contributed by atoms with Gasteiger partial charge in [0.25, 0.3) is 11.8 Å². The van der Waals surface area contributed by atoms with E-state index in [9.17, 15) is 22.8 Å². The zero-order chi connectivity index (χ0) is 22.3. The number of esters is 1. The predicted octanol–water partition coefficient (Wildman–Crippen LogP) is 2.27. The van der Waals surface area contributed by atoms with E-state index in [1.54, 1.807) is 24.3 Å². The second kappa shape index (κ2) is 10.0. The van der Waals surface area contributed by atoms with Crippen LogP contribution in [-0.4, -0.2) is 45.6 Å². The molecule has 0 heterocycles. The van der Waals surface area contributed by atoms with E-state index in [-0.39, 0.29) is 22.3 Å². The van der Waals surface area contributed by atoms with Gasteiger partial charge in [0.2, 0.25) is 0 Å². The highest BCUT2D eigenvalue weighted by molar-refractivity contribution is 7.90. The summed E-state index contributed by atoms with van der Waals surface area (Å²) in [5, 5.41) is 5.33. The second-order valence-electron chi connectivity index (χ2n) is 7.07. The van der Waals surface area contributed by atoms with Crippen molar-refractivity contribution in [2.75, 3.05) is 24.7 Å². The van der Waals surface area contributed by atoms with Crippen molar-refractivity contribution >= 4 is 33.3 Å². The van der Waals surface area contributed by atoms with Gasteiger partial charge in [-0.05, 0) is 36.2 Å². The largest absolute Gasteiger partial charge is 0.452 e. The van der Waals surface area contributed by atoms with E-state index in [4.69, 9.17) is 4.74 Å². The van der Waals surface area contributed by atoms with Crippen LogP contribution < -0.4 is 10.6 Å². The molecule has 0 saturated heterocycles. The molecular formula is C21H24N2O6S.